The number of ether oxygens (including phenoxy) is 2. The third-order valence-electron chi connectivity index (χ3n) is 2.31. The lowest BCUT2D eigenvalue weighted by Gasteiger charge is -2.14. The molecule has 0 fully saturated rings. The van der Waals surface area contributed by atoms with Crippen molar-refractivity contribution in [3.05, 3.63) is 28.8 Å². The molecule has 4 nitrogen and oxygen atoms in total. The molecule has 0 saturated heterocycles. The van der Waals surface area contributed by atoms with Crippen LogP contribution in [0.1, 0.15) is 12.0 Å². The van der Waals surface area contributed by atoms with Crippen molar-refractivity contribution >= 4 is 23.6 Å². The van der Waals surface area contributed by atoms with Gasteiger partial charge in [0.2, 0.25) is 0 Å². The van der Waals surface area contributed by atoms with Crippen LogP contribution >= 0.6 is 11.6 Å². The predicted octanol–water partition coefficient (Wildman–Crippen LogP) is 3.78. The van der Waals surface area contributed by atoms with Crippen LogP contribution in [-0.4, -0.2) is 31.0 Å². The van der Waals surface area contributed by atoms with E-state index in [1.807, 2.05) is 0 Å². The molecule has 0 aliphatic rings. The molecule has 0 bridgehead atoms. The molecule has 0 heterocycles. The van der Waals surface area contributed by atoms with Gasteiger partial charge in [-0.2, -0.15) is 13.2 Å². The lowest BCUT2D eigenvalue weighted by molar-refractivity contribution is -0.139. The Hall–Kier alpha value is -1.89. The molecular weight excluding hydrogens is 313 g/mol. The van der Waals surface area contributed by atoms with Crippen LogP contribution in [0.25, 0.3) is 6.08 Å². The van der Waals surface area contributed by atoms with Gasteiger partial charge in [0.25, 0.3) is 0 Å². The molecule has 1 rings (SSSR count). The summed E-state index contributed by atoms with van der Waals surface area (Å²) in [7, 11) is 1.30. The topological polar surface area (TPSA) is 55.8 Å². The summed E-state index contributed by atoms with van der Waals surface area (Å²) >= 11 is 5.83. The molecule has 21 heavy (non-hydrogen) atoms. The lowest BCUT2D eigenvalue weighted by Crippen LogP contribution is -2.13. The lowest BCUT2D eigenvalue weighted by atomic mass is 10.1. The van der Waals surface area contributed by atoms with E-state index < -0.39 is 25.2 Å². The van der Waals surface area contributed by atoms with E-state index in [0.29, 0.717) is 0 Å². The Kier molecular flexibility index (Phi) is 5.90. The molecule has 8 heteroatoms. The summed E-state index contributed by atoms with van der Waals surface area (Å²) in [5, 5.41) is 8.84. The molecule has 1 aromatic carbocycles. The molecule has 1 N–H and O–H groups in total. The Morgan fingerprint density at radius 3 is 2.62 bits per heavy atom. The van der Waals surface area contributed by atoms with Crippen LogP contribution in [-0.2, 0) is 4.79 Å². The average molecular weight is 325 g/mol. The Bertz CT molecular complexity index is 541. The van der Waals surface area contributed by atoms with E-state index in [2.05, 4.69) is 0 Å². The summed E-state index contributed by atoms with van der Waals surface area (Å²) in [5.41, 5.74) is 0.212. The second-order valence-electron chi connectivity index (χ2n) is 3.91. The number of hydrogen-bond acceptors (Lipinski definition) is 3. The van der Waals surface area contributed by atoms with E-state index >= 15 is 0 Å². The first kappa shape index (κ1) is 17.2. The highest BCUT2D eigenvalue weighted by Crippen LogP contribution is 2.36. The number of hydrogen-bond donors (Lipinski definition) is 1. The summed E-state index contributed by atoms with van der Waals surface area (Å²) in [4.78, 5) is 10.5. The zero-order valence-corrected chi connectivity index (χ0v) is 11.7. The van der Waals surface area contributed by atoms with Gasteiger partial charge in [0, 0.05) is 22.7 Å². The van der Waals surface area contributed by atoms with Crippen molar-refractivity contribution in [2.75, 3.05) is 13.7 Å². The van der Waals surface area contributed by atoms with Crippen molar-refractivity contribution in [2.24, 2.45) is 0 Å². The minimum absolute atomic E-state index is 0.00338. The third-order valence-corrected chi connectivity index (χ3v) is 2.52. The molecule has 0 saturated carbocycles. The van der Waals surface area contributed by atoms with Crippen LogP contribution in [0.3, 0.4) is 0 Å². The summed E-state index contributed by atoms with van der Waals surface area (Å²) in [6.07, 6.45) is -3.50. The molecule has 0 aromatic heterocycles. The maximum absolute atomic E-state index is 12.1. The van der Waals surface area contributed by atoms with Gasteiger partial charge in [0.05, 0.1) is 20.1 Å². The van der Waals surface area contributed by atoms with E-state index in [0.717, 1.165) is 6.08 Å². The van der Waals surface area contributed by atoms with Gasteiger partial charge in [0.15, 0.2) is 11.5 Å². The van der Waals surface area contributed by atoms with Gasteiger partial charge >= 0.3 is 12.1 Å². The van der Waals surface area contributed by atoms with Crippen molar-refractivity contribution in [1.29, 1.82) is 0 Å². The highest BCUT2D eigenvalue weighted by atomic mass is 35.5. The van der Waals surface area contributed by atoms with Gasteiger partial charge in [-0.1, -0.05) is 11.6 Å². The molecule has 0 radical (unpaired) electrons. The molecule has 116 valence electrons. The second-order valence-corrected chi connectivity index (χ2v) is 4.35. The largest absolute Gasteiger partial charge is 0.493 e. The Labute approximate surface area is 123 Å². The fourth-order valence-corrected chi connectivity index (χ4v) is 1.67. The van der Waals surface area contributed by atoms with Gasteiger partial charge in [-0.05, 0) is 12.1 Å². The van der Waals surface area contributed by atoms with Crippen molar-refractivity contribution in [2.45, 2.75) is 12.6 Å². The number of benzene rings is 1. The average Bonchev–Trinajstić information content (AvgIpc) is 2.36. The van der Waals surface area contributed by atoms with E-state index in [1.165, 1.54) is 25.3 Å². The SMILES string of the molecule is COc1cc(Cl)cc(/C=C/C(=O)O)c1OCCC(F)(F)F. The number of carbonyl (C=O) groups is 1. The molecule has 0 aliphatic carbocycles. The first-order valence-corrected chi connectivity index (χ1v) is 6.09. The number of halogens is 4. The van der Waals surface area contributed by atoms with Crippen molar-refractivity contribution < 1.29 is 32.5 Å². The monoisotopic (exact) mass is 324 g/mol. The van der Waals surface area contributed by atoms with E-state index in [-0.39, 0.29) is 22.1 Å². The number of methoxy groups -OCH3 is 1. The smallest absolute Gasteiger partial charge is 0.392 e. The molecule has 0 atom stereocenters. The fraction of sp³-hybridized carbons (Fsp3) is 0.308. The molecule has 0 spiro atoms. The van der Waals surface area contributed by atoms with Crippen LogP contribution < -0.4 is 9.47 Å². The highest BCUT2D eigenvalue weighted by Gasteiger charge is 2.27. The van der Waals surface area contributed by atoms with Gasteiger partial charge in [0.1, 0.15) is 0 Å². The van der Waals surface area contributed by atoms with Crippen molar-refractivity contribution in [1.82, 2.24) is 0 Å². The number of carboxylic acid groups (broad SMARTS) is 1. The molecule has 0 unspecified atom stereocenters. The van der Waals surface area contributed by atoms with Crippen LogP contribution in [0.5, 0.6) is 11.5 Å². The second kappa shape index (κ2) is 7.21. The normalized spacial score (nSPS) is 11.7. The number of carboxylic acids is 1. The fourth-order valence-electron chi connectivity index (χ4n) is 1.45. The van der Waals surface area contributed by atoms with Gasteiger partial charge in [-0.15, -0.1) is 0 Å². The Morgan fingerprint density at radius 2 is 2.10 bits per heavy atom. The van der Waals surface area contributed by atoms with Crippen LogP contribution in [0, 0.1) is 0 Å². The third kappa shape index (κ3) is 5.95. The van der Waals surface area contributed by atoms with E-state index in [9.17, 15) is 18.0 Å². The van der Waals surface area contributed by atoms with Gasteiger partial charge in [-0.3, -0.25) is 0 Å². The molecular formula is C13H12ClF3O4. The predicted molar refractivity (Wildman–Crippen MR) is 70.8 cm³/mol. The van der Waals surface area contributed by atoms with E-state index in [4.69, 9.17) is 26.2 Å². The summed E-state index contributed by atoms with van der Waals surface area (Å²) in [6.45, 7) is -0.616. The van der Waals surface area contributed by atoms with Crippen molar-refractivity contribution in [3.63, 3.8) is 0 Å². The zero-order valence-electron chi connectivity index (χ0n) is 10.9. The van der Waals surface area contributed by atoms with Crippen LogP contribution in [0.2, 0.25) is 5.02 Å². The number of rotatable bonds is 6. The highest BCUT2D eigenvalue weighted by molar-refractivity contribution is 6.31. The number of alkyl halides is 3. The summed E-state index contributed by atoms with van der Waals surface area (Å²) < 4.78 is 46.5. The Morgan fingerprint density at radius 1 is 1.43 bits per heavy atom. The molecule has 1 aromatic rings. The standard InChI is InChI=1S/C13H12ClF3O4/c1-20-10-7-9(14)6-8(2-3-11(18)19)12(10)21-5-4-13(15,16)17/h2-3,6-7H,4-5H2,1H3,(H,18,19)/b3-2+. The quantitative estimate of drug-likeness (QED) is 0.809. The maximum atomic E-state index is 12.1. The first-order chi connectivity index (χ1) is 9.73. The summed E-state index contributed by atoms with van der Waals surface area (Å²) in [5.74, 6) is -1.09. The zero-order chi connectivity index (χ0) is 16.0. The maximum Gasteiger partial charge on any atom is 0.392 e. The first-order valence-electron chi connectivity index (χ1n) is 5.71. The number of aliphatic carboxylic acids is 1. The van der Waals surface area contributed by atoms with Crippen LogP contribution in [0.4, 0.5) is 13.2 Å². The van der Waals surface area contributed by atoms with Gasteiger partial charge < -0.3 is 14.6 Å². The molecule has 0 amide bonds. The van der Waals surface area contributed by atoms with E-state index in [1.54, 1.807) is 0 Å². The molecule has 0 aliphatic heterocycles. The van der Waals surface area contributed by atoms with Crippen molar-refractivity contribution in [3.8, 4) is 11.5 Å². The van der Waals surface area contributed by atoms with Gasteiger partial charge in [-0.25, -0.2) is 4.79 Å². The van der Waals surface area contributed by atoms with Crippen LogP contribution in [0.15, 0.2) is 18.2 Å². The minimum Gasteiger partial charge on any atom is -0.493 e. The minimum atomic E-state index is -4.35. The summed E-state index contributed by atoms with van der Waals surface area (Å²) in [6, 6.07) is 2.73. The Balaban J connectivity index is 3.04.